The Labute approximate surface area is 112 Å². The van der Waals surface area contributed by atoms with E-state index < -0.39 is 22.1 Å². The standard InChI is InChI=1S/C12H17NO5S/c1-9(2)8-11(13)12(14)17-18-19(15,16)10-6-4-3-5-7-10/h3-7,9,11H,8,13H2,1-2H3/t11-/m1/s1. The maximum absolute atomic E-state index is 11.6. The Morgan fingerprint density at radius 3 is 2.37 bits per heavy atom. The van der Waals surface area contributed by atoms with Gasteiger partial charge in [-0.05, 0) is 28.8 Å². The van der Waals surface area contributed by atoms with E-state index in [4.69, 9.17) is 5.73 Å². The van der Waals surface area contributed by atoms with Crippen LogP contribution in [0.15, 0.2) is 35.2 Å². The lowest BCUT2D eigenvalue weighted by Crippen LogP contribution is -2.34. The lowest BCUT2D eigenvalue weighted by molar-refractivity contribution is -0.213. The largest absolute Gasteiger partial charge is 0.360 e. The lowest BCUT2D eigenvalue weighted by atomic mass is 10.1. The van der Waals surface area contributed by atoms with Crippen LogP contribution in [-0.2, 0) is 24.1 Å². The zero-order valence-electron chi connectivity index (χ0n) is 10.8. The number of benzene rings is 1. The molecule has 19 heavy (non-hydrogen) atoms. The van der Waals surface area contributed by atoms with Crippen molar-refractivity contribution in [3.8, 4) is 0 Å². The predicted octanol–water partition coefficient (Wildman–Crippen LogP) is 1.22. The fourth-order valence-electron chi connectivity index (χ4n) is 1.37. The molecule has 1 aromatic carbocycles. The van der Waals surface area contributed by atoms with E-state index in [0.29, 0.717) is 6.42 Å². The number of hydrogen-bond donors (Lipinski definition) is 1. The first-order valence-corrected chi connectivity index (χ1v) is 7.19. The molecule has 1 rings (SSSR count). The first-order valence-electron chi connectivity index (χ1n) is 5.78. The van der Waals surface area contributed by atoms with Crippen LogP contribution in [-0.4, -0.2) is 20.4 Å². The monoisotopic (exact) mass is 287 g/mol. The highest BCUT2D eigenvalue weighted by Crippen LogP contribution is 2.12. The Morgan fingerprint density at radius 2 is 1.84 bits per heavy atom. The quantitative estimate of drug-likeness (QED) is 0.624. The van der Waals surface area contributed by atoms with E-state index in [1.165, 1.54) is 24.3 Å². The van der Waals surface area contributed by atoms with Crippen molar-refractivity contribution in [2.75, 3.05) is 0 Å². The van der Waals surface area contributed by atoms with Gasteiger partial charge >= 0.3 is 16.1 Å². The van der Waals surface area contributed by atoms with Crippen molar-refractivity contribution < 1.29 is 22.4 Å². The molecule has 0 aromatic heterocycles. The highest BCUT2D eigenvalue weighted by atomic mass is 32.2. The second-order valence-corrected chi connectivity index (χ2v) is 5.99. The van der Waals surface area contributed by atoms with Crippen LogP contribution < -0.4 is 5.73 Å². The summed E-state index contributed by atoms with van der Waals surface area (Å²) in [7, 11) is -4.12. The maximum Gasteiger partial charge on any atom is 0.360 e. The van der Waals surface area contributed by atoms with Crippen LogP contribution in [0.5, 0.6) is 0 Å². The SMILES string of the molecule is CC(C)C[C@@H](N)C(=O)OOS(=O)(=O)c1ccccc1. The summed E-state index contributed by atoms with van der Waals surface area (Å²) in [5, 5.41) is 0. The predicted molar refractivity (Wildman–Crippen MR) is 68.2 cm³/mol. The Hall–Kier alpha value is -1.44. The van der Waals surface area contributed by atoms with Gasteiger partial charge in [-0.25, -0.2) is 4.79 Å². The molecule has 0 saturated carbocycles. The average molecular weight is 287 g/mol. The van der Waals surface area contributed by atoms with Gasteiger partial charge in [-0.2, -0.15) is 8.42 Å². The zero-order chi connectivity index (χ0) is 14.5. The summed E-state index contributed by atoms with van der Waals surface area (Å²) in [4.78, 5) is 15.6. The second kappa shape index (κ2) is 6.65. The van der Waals surface area contributed by atoms with Gasteiger partial charge in [0.2, 0.25) is 0 Å². The molecule has 0 saturated heterocycles. The molecule has 106 valence electrons. The number of rotatable bonds is 6. The van der Waals surface area contributed by atoms with Gasteiger partial charge in [0, 0.05) is 0 Å². The summed E-state index contributed by atoms with van der Waals surface area (Å²) in [5.74, 6) is -0.721. The van der Waals surface area contributed by atoms with Crippen molar-refractivity contribution in [3.05, 3.63) is 30.3 Å². The molecule has 2 N–H and O–H groups in total. The van der Waals surface area contributed by atoms with Gasteiger partial charge in [-0.1, -0.05) is 32.0 Å². The Balaban J connectivity index is 2.59. The van der Waals surface area contributed by atoms with Crippen LogP contribution in [0.2, 0.25) is 0 Å². The first kappa shape index (κ1) is 15.6. The highest BCUT2D eigenvalue weighted by Gasteiger charge is 2.23. The normalized spacial score (nSPS) is 13.3. The molecule has 0 aliphatic carbocycles. The summed E-state index contributed by atoms with van der Waals surface area (Å²) < 4.78 is 27.5. The van der Waals surface area contributed by atoms with E-state index in [1.807, 2.05) is 13.8 Å². The molecule has 6 nitrogen and oxygen atoms in total. The summed E-state index contributed by atoms with van der Waals surface area (Å²) in [6, 6.07) is 6.47. The van der Waals surface area contributed by atoms with Gasteiger partial charge in [0.1, 0.15) is 6.04 Å². The highest BCUT2D eigenvalue weighted by molar-refractivity contribution is 7.86. The third kappa shape index (κ3) is 4.98. The number of hydrogen-bond acceptors (Lipinski definition) is 6. The molecule has 0 spiro atoms. The van der Waals surface area contributed by atoms with Crippen molar-refractivity contribution in [1.82, 2.24) is 0 Å². The maximum atomic E-state index is 11.6. The summed E-state index contributed by atoms with van der Waals surface area (Å²) >= 11 is 0. The number of nitrogens with two attached hydrogens (primary N) is 1. The van der Waals surface area contributed by atoms with E-state index in [0.717, 1.165) is 0 Å². The molecule has 7 heteroatoms. The van der Waals surface area contributed by atoms with E-state index in [9.17, 15) is 13.2 Å². The van der Waals surface area contributed by atoms with Crippen LogP contribution in [0.3, 0.4) is 0 Å². The van der Waals surface area contributed by atoms with E-state index in [1.54, 1.807) is 6.07 Å². The fraction of sp³-hybridized carbons (Fsp3) is 0.417. The minimum absolute atomic E-state index is 0.0970. The molecule has 0 fully saturated rings. The summed E-state index contributed by atoms with van der Waals surface area (Å²) in [5.41, 5.74) is 5.54. The molecule has 0 heterocycles. The van der Waals surface area contributed by atoms with E-state index in [2.05, 4.69) is 9.22 Å². The zero-order valence-corrected chi connectivity index (χ0v) is 11.6. The lowest BCUT2D eigenvalue weighted by Gasteiger charge is -2.11. The third-order valence-corrected chi connectivity index (χ3v) is 3.36. The van der Waals surface area contributed by atoms with Crippen LogP contribution in [0.25, 0.3) is 0 Å². The fourth-order valence-corrected chi connectivity index (χ4v) is 2.10. The number of carbonyl (C=O) groups excluding carboxylic acids is 1. The van der Waals surface area contributed by atoms with Crippen molar-refractivity contribution in [1.29, 1.82) is 0 Å². The van der Waals surface area contributed by atoms with Gasteiger partial charge in [-0.15, -0.1) is 0 Å². The van der Waals surface area contributed by atoms with Crippen LogP contribution in [0.4, 0.5) is 0 Å². The van der Waals surface area contributed by atoms with Crippen LogP contribution >= 0.6 is 0 Å². The molecule has 0 amide bonds. The van der Waals surface area contributed by atoms with Crippen molar-refractivity contribution >= 4 is 16.1 Å². The van der Waals surface area contributed by atoms with Gasteiger partial charge in [-0.3, -0.25) is 4.89 Å². The van der Waals surface area contributed by atoms with Crippen LogP contribution in [0.1, 0.15) is 20.3 Å². The minimum atomic E-state index is -4.12. The Morgan fingerprint density at radius 1 is 1.26 bits per heavy atom. The second-order valence-electron chi connectivity index (χ2n) is 4.47. The van der Waals surface area contributed by atoms with Crippen molar-refractivity contribution in [2.45, 2.75) is 31.2 Å². The van der Waals surface area contributed by atoms with Gasteiger partial charge in [0.15, 0.2) is 0 Å². The summed E-state index contributed by atoms with van der Waals surface area (Å²) in [6.45, 7) is 3.77. The summed E-state index contributed by atoms with van der Waals surface area (Å²) in [6.07, 6.45) is 0.383. The molecule has 0 aliphatic heterocycles. The van der Waals surface area contributed by atoms with Gasteiger partial charge in [0.05, 0.1) is 4.90 Å². The van der Waals surface area contributed by atoms with Gasteiger partial charge < -0.3 is 5.73 Å². The number of carbonyl (C=O) groups is 1. The van der Waals surface area contributed by atoms with E-state index >= 15 is 0 Å². The molecule has 0 unspecified atom stereocenters. The molecule has 1 atom stereocenters. The topological polar surface area (TPSA) is 95.7 Å². The Kier molecular flexibility index (Phi) is 5.46. The molecule has 0 aliphatic rings. The first-order chi connectivity index (χ1) is 8.83. The molecule has 0 radical (unpaired) electrons. The molecular formula is C12H17NO5S. The van der Waals surface area contributed by atoms with E-state index in [-0.39, 0.29) is 10.8 Å². The minimum Gasteiger partial charge on any atom is -0.318 e. The third-order valence-electron chi connectivity index (χ3n) is 2.27. The molecular weight excluding hydrogens is 270 g/mol. The van der Waals surface area contributed by atoms with Crippen molar-refractivity contribution in [3.63, 3.8) is 0 Å². The van der Waals surface area contributed by atoms with Crippen LogP contribution in [0, 0.1) is 5.92 Å². The molecule has 1 aromatic rings. The Bertz CT molecular complexity index is 512. The van der Waals surface area contributed by atoms with Gasteiger partial charge in [0.25, 0.3) is 0 Å². The van der Waals surface area contributed by atoms with Crippen molar-refractivity contribution in [2.24, 2.45) is 11.7 Å². The average Bonchev–Trinajstić information content (AvgIpc) is 2.36. The smallest absolute Gasteiger partial charge is 0.318 e. The molecule has 0 bridgehead atoms.